The second-order valence-electron chi connectivity index (χ2n) is 6.81. The lowest BCUT2D eigenvalue weighted by molar-refractivity contribution is -0.154. The van der Waals surface area contributed by atoms with E-state index in [2.05, 4.69) is 12.2 Å². The molecule has 1 heterocycles. The molecule has 3 heteroatoms. The molecule has 6 atom stereocenters. The van der Waals surface area contributed by atoms with Gasteiger partial charge in [0.1, 0.15) is 0 Å². The zero-order valence-electron chi connectivity index (χ0n) is 11.4. The molecule has 0 aromatic heterocycles. The third-order valence-electron chi connectivity index (χ3n) is 5.56. The lowest BCUT2D eigenvalue weighted by atomic mass is 9.57. The lowest BCUT2D eigenvalue weighted by Gasteiger charge is -2.51. The van der Waals surface area contributed by atoms with Crippen LogP contribution in [-0.2, 0) is 14.2 Å². The van der Waals surface area contributed by atoms with Gasteiger partial charge < -0.3 is 14.2 Å². The van der Waals surface area contributed by atoms with E-state index in [1.807, 2.05) is 21.0 Å². The average Bonchev–Trinajstić information content (AvgIpc) is 2.86. The van der Waals surface area contributed by atoms with Crippen LogP contribution in [0.15, 0.2) is 12.2 Å². The summed E-state index contributed by atoms with van der Waals surface area (Å²) >= 11 is 0. The highest BCUT2D eigenvalue weighted by atomic mass is 16.8. The molecule has 2 saturated carbocycles. The highest BCUT2D eigenvalue weighted by Gasteiger charge is 2.65. The Kier molecular flexibility index (Phi) is 2.15. The van der Waals surface area contributed by atoms with Gasteiger partial charge in [0, 0.05) is 18.4 Å². The average molecular weight is 250 g/mol. The highest BCUT2D eigenvalue weighted by molar-refractivity contribution is 5.26. The molecule has 0 amide bonds. The van der Waals surface area contributed by atoms with Gasteiger partial charge in [0.05, 0.1) is 18.3 Å². The maximum Gasteiger partial charge on any atom is 0.163 e. The van der Waals surface area contributed by atoms with Gasteiger partial charge in [-0.2, -0.15) is 0 Å². The predicted octanol–water partition coefficient (Wildman–Crippen LogP) is 2.51. The first-order valence-corrected chi connectivity index (χ1v) is 7.13. The molecule has 0 radical (unpaired) electrons. The Morgan fingerprint density at radius 3 is 2.89 bits per heavy atom. The normalized spacial score (nSPS) is 55.6. The Hall–Kier alpha value is -0.380. The molecule has 1 saturated heterocycles. The van der Waals surface area contributed by atoms with Gasteiger partial charge >= 0.3 is 0 Å². The van der Waals surface area contributed by atoms with Gasteiger partial charge in [-0.3, -0.25) is 0 Å². The number of hydrogen-bond donors (Lipinski definition) is 0. The van der Waals surface area contributed by atoms with Crippen molar-refractivity contribution in [2.45, 2.75) is 57.2 Å². The molecule has 0 aromatic rings. The molecule has 1 spiro atoms. The Bertz CT molecular complexity index is 403. The highest BCUT2D eigenvalue weighted by Crippen LogP contribution is 2.62. The van der Waals surface area contributed by atoms with Crippen molar-refractivity contribution in [1.29, 1.82) is 0 Å². The first kappa shape index (κ1) is 11.4. The van der Waals surface area contributed by atoms with E-state index in [-0.39, 0.29) is 17.6 Å². The van der Waals surface area contributed by atoms with Crippen molar-refractivity contribution in [2.24, 2.45) is 17.3 Å². The summed E-state index contributed by atoms with van der Waals surface area (Å²) in [5.74, 6) is 0.711. The molecule has 2 bridgehead atoms. The first-order valence-electron chi connectivity index (χ1n) is 7.13. The Morgan fingerprint density at radius 1 is 1.28 bits per heavy atom. The molecule has 0 unspecified atom stereocenters. The monoisotopic (exact) mass is 250 g/mol. The molecule has 0 N–H and O–H groups in total. The first-order chi connectivity index (χ1) is 8.56. The van der Waals surface area contributed by atoms with Crippen LogP contribution in [-0.4, -0.2) is 31.2 Å². The van der Waals surface area contributed by atoms with E-state index >= 15 is 0 Å². The maximum atomic E-state index is 6.26. The summed E-state index contributed by atoms with van der Waals surface area (Å²) in [4.78, 5) is 0. The Balaban J connectivity index is 1.75. The van der Waals surface area contributed by atoms with Gasteiger partial charge in [-0.1, -0.05) is 12.2 Å². The molecule has 0 aromatic carbocycles. The summed E-state index contributed by atoms with van der Waals surface area (Å²) in [6, 6.07) is 0. The zero-order valence-corrected chi connectivity index (χ0v) is 11.4. The van der Waals surface area contributed by atoms with E-state index in [1.165, 1.54) is 12.8 Å². The minimum Gasteiger partial charge on any atom is -0.381 e. The molecule has 3 fully saturated rings. The quantitative estimate of drug-likeness (QED) is 0.669. The molecule has 100 valence electrons. The van der Waals surface area contributed by atoms with Crippen molar-refractivity contribution in [1.82, 2.24) is 0 Å². The molecular formula is C15H22O3. The molecule has 3 nitrogen and oxygen atoms in total. The van der Waals surface area contributed by atoms with E-state index in [9.17, 15) is 0 Å². The summed E-state index contributed by atoms with van der Waals surface area (Å²) in [7, 11) is 1.85. The number of hydrogen-bond acceptors (Lipinski definition) is 3. The topological polar surface area (TPSA) is 27.7 Å². The van der Waals surface area contributed by atoms with E-state index in [1.54, 1.807) is 0 Å². The molecule has 5 aliphatic rings. The van der Waals surface area contributed by atoms with Crippen molar-refractivity contribution in [2.75, 3.05) is 7.11 Å². The number of methoxy groups -OCH3 is 1. The fourth-order valence-corrected chi connectivity index (χ4v) is 4.87. The van der Waals surface area contributed by atoms with Crippen LogP contribution in [0.4, 0.5) is 0 Å². The SMILES string of the molecule is CO[C@@H]1CC[C@]23C=C[C@H](C[C@H]12)[C@@H]1OC(C)(C)O[C@@H]13. The third kappa shape index (κ3) is 1.25. The summed E-state index contributed by atoms with van der Waals surface area (Å²) in [6.07, 6.45) is 9.25. The Morgan fingerprint density at radius 2 is 2.11 bits per heavy atom. The van der Waals surface area contributed by atoms with Crippen LogP contribution < -0.4 is 0 Å². The van der Waals surface area contributed by atoms with Gasteiger partial charge in [-0.15, -0.1) is 0 Å². The van der Waals surface area contributed by atoms with Crippen LogP contribution in [0.25, 0.3) is 0 Å². The van der Waals surface area contributed by atoms with Crippen LogP contribution in [0.1, 0.15) is 33.1 Å². The fraction of sp³-hybridized carbons (Fsp3) is 0.867. The second-order valence-corrected chi connectivity index (χ2v) is 6.81. The minimum atomic E-state index is -0.424. The Labute approximate surface area is 108 Å². The van der Waals surface area contributed by atoms with Gasteiger partial charge in [0.2, 0.25) is 0 Å². The molecule has 1 aliphatic heterocycles. The van der Waals surface area contributed by atoms with Crippen molar-refractivity contribution in [3.05, 3.63) is 12.2 Å². The van der Waals surface area contributed by atoms with Crippen LogP contribution >= 0.6 is 0 Å². The second kappa shape index (κ2) is 3.38. The molecule has 18 heavy (non-hydrogen) atoms. The van der Waals surface area contributed by atoms with Crippen molar-refractivity contribution < 1.29 is 14.2 Å². The molecular weight excluding hydrogens is 228 g/mol. The number of rotatable bonds is 1. The van der Waals surface area contributed by atoms with Crippen molar-refractivity contribution >= 4 is 0 Å². The predicted molar refractivity (Wildman–Crippen MR) is 67.0 cm³/mol. The lowest BCUT2D eigenvalue weighted by Crippen LogP contribution is -2.55. The fourth-order valence-electron chi connectivity index (χ4n) is 4.87. The van der Waals surface area contributed by atoms with Gasteiger partial charge in [0.15, 0.2) is 5.79 Å². The van der Waals surface area contributed by atoms with Crippen molar-refractivity contribution in [3.8, 4) is 0 Å². The van der Waals surface area contributed by atoms with Gasteiger partial charge in [-0.25, -0.2) is 0 Å². The standard InChI is InChI=1S/C15H22O3/c1-14(2)17-12-9-4-6-15(13(12)18-14)7-5-11(16-3)10(15)8-9/h4,6,9-13H,5,7-8H2,1-3H3/t9-,10-,11-,12+,13+,15-/m1/s1. The third-order valence-corrected chi connectivity index (χ3v) is 5.56. The largest absolute Gasteiger partial charge is 0.381 e. The maximum absolute atomic E-state index is 6.26. The van der Waals surface area contributed by atoms with Crippen LogP contribution in [0.5, 0.6) is 0 Å². The summed E-state index contributed by atoms with van der Waals surface area (Å²) in [6.45, 7) is 4.08. The summed E-state index contributed by atoms with van der Waals surface area (Å²) < 4.78 is 18.1. The van der Waals surface area contributed by atoms with E-state index < -0.39 is 5.79 Å². The van der Waals surface area contributed by atoms with Crippen LogP contribution in [0, 0.1) is 17.3 Å². The van der Waals surface area contributed by atoms with Gasteiger partial charge in [-0.05, 0) is 39.0 Å². The zero-order chi connectivity index (χ0) is 12.5. The molecule has 5 rings (SSSR count). The van der Waals surface area contributed by atoms with Crippen LogP contribution in [0.3, 0.4) is 0 Å². The molecule has 4 aliphatic carbocycles. The van der Waals surface area contributed by atoms with Crippen LogP contribution in [0.2, 0.25) is 0 Å². The summed E-state index contributed by atoms with van der Waals surface area (Å²) in [5, 5.41) is 0. The van der Waals surface area contributed by atoms with E-state index in [0.717, 1.165) is 6.42 Å². The minimum absolute atomic E-state index is 0.174. The van der Waals surface area contributed by atoms with Crippen molar-refractivity contribution in [3.63, 3.8) is 0 Å². The van der Waals surface area contributed by atoms with Gasteiger partial charge in [0.25, 0.3) is 0 Å². The smallest absolute Gasteiger partial charge is 0.163 e. The number of ether oxygens (including phenoxy) is 3. The summed E-state index contributed by atoms with van der Waals surface area (Å²) in [5.41, 5.74) is 0.174. The van der Waals surface area contributed by atoms with E-state index in [4.69, 9.17) is 14.2 Å². The van der Waals surface area contributed by atoms with E-state index in [0.29, 0.717) is 17.9 Å².